The number of hydrogen-bond donors (Lipinski definition) is 0. The Morgan fingerprint density at radius 1 is 1.18 bits per heavy atom. The fraction of sp³-hybridized carbons (Fsp3) is 0.333. The Bertz CT molecular complexity index is 623. The van der Waals surface area contributed by atoms with Crippen LogP contribution in [0.4, 0.5) is 0 Å². The van der Waals surface area contributed by atoms with Crippen molar-refractivity contribution in [3.63, 3.8) is 0 Å². The van der Waals surface area contributed by atoms with Crippen molar-refractivity contribution in [2.45, 2.75) is 25.8 Å². The van der Waals surface area contributed by atoms with Crippen molar-refractivity contribution in [2.75, 3.05) is 6.54 Å². The van der Waals surface area contributed by atoms with Gasteiger partial charge in [-0.25, -0.2) is 4.98 Å². The van der Waals surface area contributed by atoms with E-state index in [0.717, 1.165) is 12.1 Å². The normalized spacial score (nSPS) is 14.4. The van der Waals surface area contributed by atoms with Crippen LogP contribution in [0.15, 0.2) is 48.7 Å². The van der Waals surface area contributed by atoms with Crippen molar-refractivity contribution in [1.29, 1.82) is 0 Å². The van der Waals surface area contributed by atoms with Crippen LogP contribution in [0.1, 0.15) is 35.2 Å². The highest BCUT2D eigenvalue weighted by atomic mass is 35.5. The molecule has 1 saturated carbocycles. The Morgan fingerprint density at radius 3 is 2.55 bits per heavy atom. The Kier molecular flexibility index (Phi) is 4.74. The number of nitrogens with zero attached hydrogens (tertiary/aromatic N) is 2. The molecule has 22 heavy (non-hydrogen) atoms. The first-order valence-corrected chi connectivity index (χ1v) is 8.05. The molecular weight excluding hydrogens is 296 g/mol. The van der Waals surface area contributed by atoms with Crippen LogP contribution < -0.4 is 0 Å². The molecule has 2 aromatic rings. The summed E-state index contributed by atoms with van der Waals surface area (Å²) in [6.07, 6.45) is 5.28. The van der Waals surface area contributed by atoms with E-state index in [-0.39, 0.29) is 5.91 Å². The van der Waals surface area contributed by atoms with Gasteiger partial charge in [-0.3, -0.25) is 4.79 Å². The molecule has 0 aliphatic heterocycles. The SMILES string of the molecule is O=C(c1ccc(Cl)nc1)N(Cc1ccccc1)CC1CCC1. The molecule has 1 aliphatic rings. The summed E-state index contributed by atoms with van der Waals surface area (Å²) in [6.45, 7) is 1.45. The number of carbonyl (C=O) groups excluding carboxylic acids is 1. The monoisotopic (exact) mass is 314 g/mol. The summed E-state index contributed by atoms with van der Waals surface area (Å²) in [5, 5.41) is 0.408. The number of rotatable bonds is 5. The van der Waals surface area contributed by atoms with Gasteiger partial charge in [-0.1, -0.05) is 48.4 Å². The quantitative estimate of drug-likeness (QED) is 0.776. The van der Waals surface area contributed by atoms with E-state index in [9.17, 15) is 4.79 Å². The summed E-state index contributed by atoms with van der Waals surface area (Å²) in [5.41, 5.74) is 1.75. The van der Waals surface area contributed by atoms with E-state index < -0.39 is 0 Å². The van der Waals surface area contributed by atoms with E-state index >= 15 is 0 Å². The van der Waals surface area contributed by atoms with Gasteiger partial charge in [-0.05, 0) is 36.5 Å². The number of hydrogen-bond acceptors (Lipinski definition) is 2. The van der Waals surface area contributed by atoms with Crippen molar-refractivity contribution >= 4 is 17.5 Å². The molecule has 0 atom stereocenters. The first kappa shape index (κ1) is 15.0. The number of carbonyl (C=O) groups is 1. The number of halogens is 1. The molecule has 4 heteroatoms. The lowest BCUT2D eigenvalue weighted by molar-refractivity contribution is 0.0679. The predicted octanol–water partition coefficient (Wildman–Crippen LogP) is 4.18. The van der Waals surface area contributed by atoms with E-state index in [1.54, 1.807) is 18.3 Å². The molecule has 3 nitrogen and oxygen atoms in total. The van der Waals surface area contributed by atoms with Crippen molar-refractivity contribution in [3.8, 4) is 0 Å². The maximum atomic E-state index is 12.8. The van der Waals surface area contributed by atoms with Gasteiger partial charge >= 0.3 is 0 Å². The van der Waals surface area contributed by atoms with Crippen LogP contribution in [0.2, 0.25) is 5.15 Å². The van der Waals surface area contributed by atoms with Crippen LogP contribution in [0.5, 0.6) is 0 Å². The third-order valence-electron chi connectivity index (χ3n) is 4.18. The molecule has 3 rings (SSSR count). The van der Waals surface area contributed by atoms with E-state index in [2.05, 4.69) is 17.1 Å². The summed E-state index contributed by atoms with van der Waals surface area (Å²) in [4.78, 5) is 18.7. The van der Waals surface area contributed by atoms with E-state index in [1.807, 2.05) is 23.1 Å². The standard InChI is InChI=1S/C18H19ClN2O/c19-17-10-9-16(11-20-17)18(22)21(13-15-7-4-8-15)12-14-5-2-1-3-6-14/h1-3,5-6,9-11,15H,4,7-8,12-13H2. The van der Waals surface area contributed by atoms with Crippen LogP contribution in [0.3, 0.4) is 0 Å². The van der Waals surface area contributed by atoms with Gasteiger partial charge in [0.1, 0.15) is 5.15 Å². The van der Waals surface area contributed by atoms with Crippen LogP contribution in [0.25, 0.3) is 0 Å². The molecular formula is C18H19ClN2O. The van der Waals surface area contributed by atoms with Gasteiger partial charge in [0.2, 0.25) is 0 Å². The first-order chi connectivity index (χ1) is 10.7. The van der Waals surface area contributed by atoms with E-state index in [0.29, 0.717) is 23.2 Å². The van der Waals surface area contributed by atoms with Gasteiger partial charge in [0.15, 0.2) is 0 Å². The maximum Gasteiger partial charge on any atom is 0.255 e. The Hall–Kier alpha value is -1.87. The van der Waals surface area contributed by atoms with Crippen LogP contribution in [0, 0.1) is 5.92 Å². The summed E-state index contributed by atoms with van der Waals surface area (Å²) in [6, 6.07) is 13.5. The molecule has 1 heterocycles. The Morgan fingerprint density at radius 2 is 1.95 bits per heavy atom. The molecule has 1 fully saturated rings. The molecule has 114 valence electrons. The molecule has 0 N–H and O–H groups in total. The molecule has 0 radical (unpaired) electrons. The molecule has 1 aliphatic carbocycles. The smallest absolute Gasteiger partial charge is 0.255 e. The molecule has 1 aromatic carbocycles. The minimum Gasteiger partial charge on any atom is -0.334 e. The van der Waals surface area contributed by atoms with Gasteiger partial charge in [-0.15, -0.1) is 0 Å². The van der Waals surface area contributed by atoms with Crippen LogP contribution in [-0.4, -0.2) is 22.3 Å². The topological polar surface area (TPSA) is 33.2 Å². The highest BCUT2D eigenvalue weighted by Crippen LogP contribution is 2.28. The second-order valence-electron chi connectivity index (χ2n) is 5.84. The number of pyridine rings is 1. The van der Waals surface area contributed by atoms with Crippen molar-refractivity contribution in [2.24, 2.45) is 5.92 Å². The Balaban J connectivity index is 1.77. The second kappa shape index (κ2) is 6.93. The lowest BCUT2D eigenvalue weighted by atomic mass is 9.85. The summed E-state index contributed by atoms with van der Waals surface area (Å²) < 4.78 is 0. The number of amides is 1. The van der Waals surface area contributed by atoms with E-state index in [4.69, 9.17) is 11.6 Å². The van der Waals surface area contributed by atoms with Gasteiger partial charge in [-0.2, -0.15) is 0 Å². The lowest BCUT2D eigenvalue weighted by Crippen LogP contribution is -2.37. The zero-order valence-electron chi connectivity index (χ0n) is 12.4. The third kappa shape index (κ3) is 3.66. The number of aromatic nitrogens is 1. The first-order valence-electron chi connectivity index (χ1n) is 7.67. The lowest BCUT2D eigenvalue weighted by Gasteiger charge is -2.32. The fourth-order valence-electron chi connectivity index (χ4n) is 2.70. The highest BCUT2D eigenvalue weighted by molar-refractivity contribution is 6.29. The third-order valence-corrected chi connectivity index (χ3v) is 4.40. The van der Waals surface area contributed by atoms with Gasteiger partial charge in [0.05, 0.1) is 5.56 Å². The van der Waals surface area contributed by atoms with E-state index in [1.165, 1.54) is 19.3 Å². The van der Waals surface area contributed by atoms with Crippen LogP contribution in [-0.2, 0) is 6.54 Å². The maximum absolute atomic E-state index is 12.8. The van der Waals surface area contributed by atoms with Crippen molar-refractivity contribution in [3.05, 3.63) is 64.9 Å². The number of benzene rings is 1. The van der Waals surface area contributed by atoms with Crippen molar-refractivity contribution in [1.82, 2.24) is 9.88 Å². The molecule has 0 saturated heterocycles. The zero-order chi connectivity index (χ0) is 15.4. The molecule has 0 spiro atoms. The highest BCUT2D eigenvalue weighted by Gasteiger charge is 2.24. The zero-order valence-corrected chi connectivity index (χ0v) is 13.2. The summed E-state index contributed by atoms with van der Waals surface area (Å²) in [5.74, 6) is 0.660. The van der Waals surface area contributed by atoms with Gasteiger partial charge in [0.25, 0.3) is 5.91 Å². The average molecular weight is 315 g/mol. The van der Waals surface area contributed by atoms with Crippen molar-refractivity contribution < 1.29 is 4.79 Å². The molecule has 0 unspecified atom stereocenters. The summed E-state index contributed by atoms with van der Waals surface area (Å²) >= 11 is 5.81. The minimum atomic E-state index is 0.0277. The van der Waals surface area contributed by atoms with Gasteiger partial charge < -0.3 is 4.90 Å². The minimum absolute atomic E-state index is 0.0277. The summed E-state index contributed by atoms with van der Waals surface area (Å²) in [7, 11) is 0. The molecule has 0 bridgehead atoms. The fourth-order valence-corrected chi connectivity index (χ4v) is 2.81. The molecule has 1 amide bonds. The average Bonchev–Trinajstić information content (AvgIpc) is 2.50. The molecule has 1 aromatic heterocycles. The Labute approximate surface area is 135 Å². The largest absolute Gasteiger partial charge is 0.334 e. The van der Waals surface area contributed by atoms with Crippen LogP contribution >= 0.6 is 11.6 Å². The van der Waals surface area contributed by atoms with Gasteiger partial charge in [0, 0.05) is 19.3 Å². The second-order valence-corrected chi connectivity index (χ2v) is 6.23. The predicted molar refractivity (Wildman–Crippen MR) is 87.8 cm³/mol.